The van der Waals surface area contributed by atoms with Crippen molar-refractivity contribution >= 4 is 6.29 Å². The summed E-state index contributed by atoms with van der Waals surface area (Å²) in [7, 11) is 0. The molecule has 1 aromatic rings. The fourth-order valence-corrected chi connectivity index (χ4v) is 3.87. The molecule has 0 bridgehead atoms. The monoisotopic (exact) mass is 286 g/mol. The average Bonchev–Trinajstić information content (AvgIpc) is 2.47. The zero-order chi connectivity index (χ0) is 15.5. The predicted octanol–water partition coefficient (Wildman–Crippen LogP) is 5.70. The first kappa shape index (κ1) is 16.3. The first-order valence-electron chi connectivity index (χ1n) is 8.46. The fraction of sp³-hybridized carbons (Fsp3) is 0.650. The van der Waals surface area contributed by atoms with E-state index < -0.39 is 0 Å². The summed E-state index contributed by atoms with van der Waals surface area (Å²) in [6.45, 7) is 9.29. The van der Waals surface area contributed by atoms with Crippen molar-refractivity contribution in [3.8, 4) is 0 Å². The molecule has 0 N–H and O–H groups in total. The Morgan fingerprint density at radius 3 is 2.33 bits per heavy atom. The third kappa shape index (κ3) is 3.96. The second-order valence-electron chi connectivity index (χ2n) is 7.85. The van der Waals surface area contributed by atoms with E-state index in [9.17, 15) is 4.79 Å². The first-order valence-corrected chi connectivity index (χ1v) is 8.46. The van der Waals surface area contributed by atoms with Gasteiger partial charge >= 0.3 is 0 Å². The van der Waals surface area contributed by atoms with Gasteiger partial charge in [-0.2, -0.15) is 0 Å². The Bertz CT molecular complexity index is 461. The Hall–Kier alpha value is -1.11. The van der Waals surface area contributed by atoms with Crippen molar-refractivity contribution in [2.24, 2.45) is 11.3 Å². The van der Waals surface area contributed by atoms with Crippen LogP contribution >= 0.6 is 0 Å². The molecular formula is C20H30O. The van der Waals surface area contributed by atoms with Crippen LogP contribution in [0.3, 0.4) is 0 Å². The fourth-order valence-electron chi connectivity index (χ4n) is 3.87. The summed E-state index contributed by atoms with van der Waals surface area (Å²) in [6, 6.07) is 8.78. The second kappa shape index (κ2) is 6.77. The molecule has 0 aromatic heterocycles. The molecule has 0 amide bonds. The number of carbonyl (C=O) groups excluding carboxylic acids is 1. The zero-order valence-electron chi connectivity index (χ0n) is 14.1. The smallest absolute Gasteiger partial charge is 0.120 e. The molecule has 1 aliphatic carbocycles. The van der Waals surface area contributed by atoms with Crippen molar-refractivity contribution in [1.82, 2.24) is 0 Å². The standard InChI is InChI=1S/C20H30O/c1-15(13-14-21)18-7-5-6-8-19(18)16-9-11-17(12-10-16)20(2,3)4/h5-8,14-17H,9-13H2,1-4H3. The van der Waals surface area contributed by atoms with E-state index in [1.54, 1.807) is 0 Å². The molecule has 0 saturated heterocycles. The lowest BCUT2D eigenvalue weighted by molar-refractivity contribution is -0.108. The van der Waals surface area contributed by atoms with Gasteiger partial charge in [-0.1, -0.05) is 52.0 Å². The Labute approximate surface area is 130 Å². The lowest BCUT2D eigenvalue weighted by Crippen LogP contribution is -2.25. The second-order valence-corrected chi connectivity index (χ2v) is 7.85. The summed E-state index contributed by atoms with van der Waals surface area (Å²) in [5.74, 6) is 1.89. The predicted molar refractivity (Wildman–Crippen MR) is 89.7 cm³/mol. The molecule has 2 rings (SSSR count). The van der Waals surface area contributed by atoms with Gasteiger partial charge in [0.2, 0.25) is 0 Å². The highest BCUT2D eigenvalue weighted by atomic mass is 16.1. The SMILES string of the molecule is CC(CC=O)c1ccccc1C1CCC(C(C)(C)C)CC1. The maximum atomic E-state index is 10.8. The van der Waals surface area contributed by atoms with Gasteiger partial charge < -0.3 is 4.79 Å². The molecule has 0 spiro atoms. The lowest BCUT2D eigenvalue weighted by Gasteiger charge is -2.37. The average molecular weight is 286 g/mol. The minimum atomic E-state index is 0.346. The highest BCUT2D eigenvalue weighted by Crippen LogP contribution is 2.44. The van der Waals surface area contributed by atoms with Crippen LogP contribution in [0.5, 0.6) is 0 Å². The van der Waals surface area contributed by atoms with Gasteiger partial charge in [0, 0.05) is 6.42 Å². The van der Waals surface area contributed by atoms with Gasteiger partial charge in [0.25, 0.3) is 0 Å². The van der Waals surface area contributed by atoms with E-state index in [-0.39, 0.29) is 0 Å². The van der Waals surface area contributed by atoms with Crippen LogP contribution in [0.1, 0.15) is 82.8 Å². The highest BCUT2D eigenvalue weighted by molar-refractivity contribution is 5.52. The summed E-state index contributed by atoms with van der Waals surface area (Å²) >= 11 is 0. The molecule has 0 radical (unpaired) electrons. The minimum absolute atomic E-state index is 0.346. The van der Waals surface area contributed by atoms with Crippen LogP contribution in [0.4, 0.5) is 0 Å². The van der Waals surface area contributed by atoms with E-state index in [0.717, 1.165) is 12.2 Å². The van der Waals surface area contributed by atoms with E-state index in [4.69, 9.17) is 0 Å². The molecule has 1 nitrogen and oxygen atoms in total. The largest absolute Gasteiger partial charge is 0.303 e. The van der Waals surface area contributed by atoms with Crippen LogP contribution in [0.2, 0.25) is 0 Å². The van der Waals surface area contributed by atoms with Gasteiger partial charge in [0.15, 0.2) is 0 Å². The Morgan fingerprint density at radius 2 is 1.76 bits per heavy atom. The first-order chi connectivity index (χ1) is 9.93. The third-order valence-electron chi connectivity index (χ3n) is 5.37. The van der Waals surface area contributed by atoms with Crippen LogP contribution in [0.25, 0.3) is 0 Å². The van der Waals surface area contributed by atoms with Gasteiger partial charge in [0.1, 0.15) is 6.29 Å². The Kier molecular flexibility index (Phi) is 5.24. The molecule has 0 aliphatic heterocycles. The molecule has 1 aromatic carbocycles. The molecular weight excluding hydrogens is 256 g/mol. The van der Waals surface area contributed by atoms with Crippen LogP contribution in [0.15, 0.2) is 24.3 Å². The minimum Gasteiger partial charge on any atom is -0.303 e. The maximum absolute atomic E-state index is 10.8. The molecule has 1 saturated carbocycles. The molecule has 116 valence electrons. The molecule has 1 heteroatoms. The van der Waals surface area contributed by atoms with E-state index in [1.807, 2.05) is 0 Å². The molecule has 1 atom stereocenters. The van der Waals surface area contributed by atoms with Gasteiger partial charge in [0.05, 0.1) is 0 Å². The number of carbonyl (C=O) groups is 1. The third-order valence-corrected chi connectivity index (χ3v) is 5.37. The summed E-state index contributed by atoms with van der Waals surface area (Å²) in [5, 5.41) is 0. The number of rotatable bonds is 4. The normalized spacial score (nSPS) is 24.6. The highest BCUT2D eigenvalue weighted by Gasteiger charge is 2.31. The number of hydrogen-bond acceptors (Lipinski definition) is 1. The topological polar surface area (TPSA) is 17.1 Å². The quantitative estimate of drug-likeness (QED) is 0.649. The summed E-state index contributed by atoms with van der Waals surface area (Å²) in [4.78, 5) is 10.8. The van der Waals surface area contributed by atoms with Crippen LogP contribution in [0, 0.1) is 11.3 Å². The van der Waals surface area contributed by atoms with Gasteiger partial charge in [-0.05, 0) is 60.0 Å². The van der Waals surface area contributed by atoms with Crippen LogP contribution < -0.4 is 0 Å². The van der Waals surface area contributed by atoms with Gasteiger partial charge in [-0.25, -0.2) is 0 Å². The van der Waals surface area contributed by atoms with E-state index in [2.05, 4.69) is 52.0 Å². The molecule has 0 heterocycles. The number of aldehydes is 1. The van der Waals surface area contributed by atoms with Gasteiger partial charge in [-0.3, -0.25) is 0 Å². The van der Waals surface area contributed by atoms with E-state index in [1.165, 1.54) is 36.8 Å². The number of benzene rings is 1. The van der Waals surface area contributed by atoms with Crippen molar-refractivity contribution in [3.05, 3.63) is 35.4 Å². The maximum Gasteiger partial charge on any atom is 0.120 e. The lowest BCUT2D eigenvalue weighted by atomic mass is 9.68. The van der Waals surface area contributed by atoms with Crippen LogP contribution in [-0.2, 0) is 4.79 Å². The molecule has 1 unspecified atom stereocenters. The van der Waals surface area contributed by atoms with Crippen molar-refractivity contribution < 1.29 is 4.79 Å². The Morgan fingerprint density at radius 1 is 1.14 bits per heavy atom. The van der Waals surface area contributed by atoms with Crippen LogP contribution in [-0.4, -0.2) is 6.29 Å². The molecule has 21 heavy (non-hydrogen) atoms. The Balaban J connectivity index is 2.12. The van der Waals surface area contributed by atoms with Crippen molar-refractivity contribution in [2.75, 3.05) is 0 Å². The molecule has 1 aliphatic rings. The summed E-state index contributed by atoms with van der Waals surface area (Å²) < 4.78 is 0. The van der Waals surface area contributed by atoms with Crippen molar-refractivity contribution in [1.29, 1.82) is 0 Å². The summed E-state index contributed by atoms with van der Waals surface area (Å²) in [5.41, 5.74) is 3.33. The number of hydrogen-bond donors (Lipinski definition) is 0. The van der Waals surface area contributed by atoms with Gasteiger partial charge in [-0.15, -0.1) is 0 Å². The van der Waals surface area contributed by atoms with Crippen molar-refractivity contribution in [3.63, 3.8) is 0 Å². The zero-order valence-corrected chi connectivity index (χ0v) is 14.1. The van der Waals surface area contributed by atoms with Crippen molar-refractivity contribution in [2.45, 2.75) is 71.6 Å². The van der Waals surface area contributed by atoms with E-state index >= 15 is 0 Å². The summed E-state index contributed by atoms with van der Waals surface area (Å²) in [6.07, 6.45) is 6.96. The van der Waals surface area contributed by atoms with E-state index in [0.29, 0.717) is 23.7 Å². The molecule has 1 fully saturated rings.